The molecule has 0 heterocycles. The normalized spacial score (nSPS) is 11.5. The van der Waals surface area contributed by atoms with Crippen molar-refractivity contribution in [2.24, 2.45) is 0 Å². The van der Waals surface area contributed by atoms with Crippen molar-refractivity contribution in [2.75, 3.05) is 40.8 Å². The molecule has 2 amide bonds. The molecule has 0 aliphatic heterocycles. The maximum Gasteiger partial charge on any atom is 0.254 e. The molecule has 0 aliphatic rings. The Labute approximate surface area is 157 Å². The van der Waals surface area contributed by atoms with Gasteiger partial charge in [0.15, 0.2) is 0 Å². The van der Waals surface area contributed by atoms with Crippen molar-refractivity contribution in [1.29, 1.82) is 0 Å². The zero-order chi connectivity index (χ0) is 19.4. The van der Waals surface area contributed by atoms with Gasteiger partial charge in [0.05, 0.1) is 11.4 Å². The summed E-state index contributed by atoms with van der Waals surface area (Å²) in [6.45, 7) is 4.82. The van der Waals surface area contributed by atoms with Gasteiger partial charge >= 0.3 is 0 Å². The molecular formula is C16H24BrN3O4S. The van der Waals surface area contributed by atoms with Gasteiger partial charge in [-0.3, -0.25) is 9.59 Å². The SMILES string of the molecule is CCN(CC)C(=O)CN(C)C(=O)c1ccc(Br)c(S(=O)(=O)N(C)C)c1. The van der Waals surface area contributed by atoms with Crippen molar-refractivity contribution >= 4 is 37.8 Å². The van der Waals surface area contributed by atoms with E-state index in [0.29, 0.717) is 17.6 Å². The number of likely N-dealkylation sites (N-methyl/N-ethyl adjacent to an activating group) is 2. The van der Waals surface area contributed by atoms with Gasteiger partial charge in [-0.15, -0.1) is 0 Å². The van der Waals surface area contributed by atoms with Crippen LogP contribution in [0.3, 0.4) is 0 Å². The third-order valence-corrected chi connectivity index (χ3v) is 6.58. The second-order valence-corrected chi connectivity index (χ2v) is 8.63. The first-order valence-electron chi connectivity index (χ1n) is 7.81. The molecule has 1 rings (SSSR count). The van der Waals surface area contributed by atoms with Gasteiger partial charge in [0.25, 0.3) is 5.91 Å². The summed E-state index contributed by atoms with van der Waals surface area (Å²) in [5, 5.41) is 0. The molecule has 0 spiro atoms. The second-order valence-electron chi connectivity index (χ2n) is 5.66. The highest BCUT2D eigenvalue weighted by molar-refractivity contribution is 9.10. The van der Waals surface area contributed by atoms with E-state index in [2.05, 4.69) is 15.9 Å². The largest absolute Gasteiger partial charge is 0.342 e. The molecule has 0 radical (unpaired) electrons. The van der Waals surface area contributed by atoms with Crippen LogP contribution in [0.4, 0.5) is 0 Å². The number of hydrogen-bond acceptors (Lipinski definition) is 4. The van der Waals surface area contributed by atoms with E-state index >= 15 is 0 Å². The molecule has 9 heteroatoms. The van der Waals surface area contributed by atoms with Crippen LogP contribution in [0, 0.1) is 0 Å². The van der Waals surface area contributed by atoms with Gasteiger partial charge in [-0.25, -0.2) is 12.7 Å². The number of nitrogens with zero attached hydrogens (tertiary/aromatic N) is 3. The van der Waals surface area contributed by atoms with E-state index in [0.717, 1.165) is 4.31 Å². The minimum atomic E-state index is -3.69. The molecule has 1 aromatic rings. The fourth-order valence-electron chi connectivity index (χ4n) is 2.20. The van der Waals surface area contributed by atoms with E-state index in [-0.39, 0.29) is 22.9 Å². The van der Waals surface area contributed by atoms with Crippen LogP contribution in [-0.4, -0.2) is 75.1 Å². The first kappa shape index (κ1) is 21.6. The Hall–Kier alpha value is -1.45. The van der Waals surface area contributed by atoms with E-state index in [9.17, 15) is 18.0 Å². The van der Waals surface area contributed by atoms with Gasteiger partial charge in [0, 0.05) is 44.3 Å². The quantitative estimate of drug-likeness (QED) is 0.654. The fourth-order valence-corrected chi connectivity index (χ4v) is 4.05. The standard InChI is InChI=1S/C16H24BrN3O4S/c1-6-20(7-2)15(21)11-19(5)16(22)12-8-9-13(17)14(10-12)25(23,24)18(3)4/h8-10H,6-7,11H2,1-5H3. The highest BCUT2D eigenvalue weighted by Crippen LogP contribution is 2.25. The zero-order valence-electron chi connectivity index (χ0n) is 15.1. The average molecular weight is 434 g/mol. The molecule has 0 N–H and O–H groups in total. The van der Waals surface area contributed by atoms with Crippen molar-refractivity contribution in [2.45, 2.75) is 18.7 Å². The summed E-state index contributed by atoms with van der Waals surface area (Å²) in [7, 11) is 0.670. The number of rotatable bonds is 7. The Balaban J connectivity index is 3.09. The summed E-state index contributed by atoms with van der Waals surface area (Å²) < 4.78 is 26.2. The summed E-state index contributed by atoms with van der Waals surface area (Å²) in [5.41, 5.74) is 0.207. The highest BCUT2D eigenvalue weighted by Gasteiger charge is 2.24. The molecule has 0 aromatic heterocycles. The zero-order valence-corrected chi connectivity index (χ0v) is 17.5. The van der Waals surface area contributed by atoms with Crippen LogP contribution in [0.2, 0.25) is 0 Å². The van der Waals surface area contributed by atoms with Crippen molar-refractivity contribution in [1.82, 2.24) is 14.1 Å². The van der Waals surface area contributed by atoms with Crippen molar-refractivity contribution < 1.29 is 18.0 Å². The molecule has 7 nitrogen and oxygen atoms in total. The molecule has 0 atom stereocenters. The first-order chi connectivity index (χ1) is 11.6. The topological polar surface area (TPSA) is 78.0 Å². The first-order valence-corrected chi connectivity index (χ1v) is 10.0. The minimum absolute atomic E-state index is 0.00631. The van der Waals surface area contributed by atoms with Crippen LogP contribution < -0.4 is 0 Å². The Morgan fingerprint density at radius 3 is 2.12 bits per heavy atom. The van der Waals surface area contributed by atoms with E-state index in [1.165, 1.54) is 44.2 Å². The van der Waals surface area contributed by atoms with Gasteiger partial charge in [-0.05, 0) is 48.0 Å². The lowest BCUT2D eigenvalue weighted by Crippen LogP contribution is -2.41. The lowest BCUT2D eigenvalue weighted by Gasteiger charge is -2.23. The number of carbonyl (C=O) groups is 2. The van der Waals surface area contributed by atoms with Crippen LogP contribution in [0.15, 0.2) is 27.6 Å². The van der Waals surface area contributed by atoms with E-state index in [1.807, 2.05) is 13.8 Å². The number of amides is 2. The van der Waals surface area contributed by atoms with E-state index in [1.54, 1.807) is 4.90 Å². The maximum atomic E-state index is 12.6. The summed E-state index contributed by atoms with van der Waals surface area (Å²) in [6.07, 6.45) is 0. The molecule has 140 valence electrons. The van der Waals surface area contributed by atoms with Gasteiger partial charge in [0.1, 0.15) is 0 Å². The van der Waals surface area contributed by atoms with E-state index in [4.69, 9.17) is 0 Å². The molecule has 0 unspecified atom stereocenters. The summed E-state index contributed by atoms with van der Waals surface area (Å²) in [6, 6.07) is 4.36. The summed E-state index contributed by atoms with van der Waals surface area (Å²) in [4.78, 5) is 27.6. The van der Waals surface area contributed by atoms with Crippen LogP contribution in [0.25, 0.3) is 0 Å². The molecule has 0 saturated carbocycles. The molecule has 25 heavy (non-hydrogen) atoms. The minimum Gasteiger partial charge on any atom is -0.342 e. The maximum absolute atomic E-state index is 12.6. The highest BCUT2D eigenvalue weighted by atomic mass is 79.9. The Bertz CT molecular complexity index is 746. The predicted octanol–water partition coefficient (Wildman–Crippen LogP) is 1.64. The summed E-state index contributed by atoms with van der Waals surface area (Å²) in [5.74, 6) is -0.567. The van der Waals surface area contributed by atoms with Crippen molar-refractivity contribution in [3.63, 3.8) is 0 Å². The van der Waals surface area contributed by atoms with Gasteiger partial charge in [-0.1, -0.05) is 0 Å². The second kappa shape index (κ2) is 8.77. The smallest absolute Gasteiger partial charge is 0.254 e. The lowest BCUT2D eigenvalue weighted by atomic mass is 10.2. The molecular weight excluding hydrogens is 410 g/mol. The van der Waals surface area contributed by atoms with Crippen LogP contribution in [0.5, 0.6) is 0 Å². The van der Waals surface area contributed by atoms with Crippen molar-refractivity contribution in [3.05, 3.63) is 28.2 Å². The van der Waals surface area contributed by atoms with Crippen LogP contribution >= 0.6 is 15.9 Å². The molecule has 0 aliphatic carbocycles. The monoisotopic (exact) mass is 433 g/mol. The number of halogens is 1. The molecule has 1 aromatic carbocycles. The Morgan fingerprint density at radius 2 is 1.64 bits per heavy atom. The predicted molar refractivity (Wildman–Crippen MR) is 99.9 cm³/mol. The number of sulfonamides is 1. The Morgan fingerprint density at radius 1 is 1.08 bits per heavy atom. The van der Waals surface area contributed by atoms with Gasteiger partial charge in [0.2, 0.25) is 15.9 Å². The van der Waals surface area contributed by atoms with Gasteiger partial charge < -0.3 is 9.80 Å². The van der Waals surface area contributed by atoms with E-state index < -0.39 is 15.9 Å². The number of benzene rings is 1. The van der Waals surface area contributed by atoms with Crippen molar-refractivity contribution in [3.8, 4) is 0 Å². The molecule has 0 bridgehead atoms. The van der Waals surface area contributed by atoms with Gasteiger partial charge in [-0.2, -0.15) is 0 Å². The Kier molecular flexibility index (Phi) is 7.58. The van der Waals surface area contributed by atoms with Crippen LogP contribution in [-0.2, 0) is 14.8 Å². The molecule has 0 saturated heterocycles. The third kappa shape index (κ3) is 5.02. The number of carbonyl (C=O) groups excluding carboxylic acids is 2. The van der Waals surface area contributed by atoms with Crippen LogP contribution in [0.1, 0.15) is 24.2 Å². The fraction of sp³-hybridized carbons (Fsp3) is 0.500. The lowest BCUT2D eigenvalue weighted by molar-refractivity contribution is -0.131. The number of hydrogen-bond donors (Lipinski definition) is 0. The third-order valence-electron chi connectivity index (χ3n) is 3.77. The summed E-state index contributed by atoms with van der Waals surface area (Å²) >= 11 is 3.21. The molecule has 0 fully saturated rings. The average Bonchev–Trinajstić information content (AvgIpc) is 2.55.